The highest BCUT2D eigenvalue weighted by atomic mass is 16.6. The average Bonchev–Trinajstić information content (AvgIpc) is 3.27. The van der Waals surface area contributed by atoms with E-state index in [1.54, 1.807) is 6.07 Å². The first kappa shape index (κ1) is 24.9. The number of anilines is 1. The normalized spacial score (nSPS) is 21.9. The Morgan fingerprint density at radius 2 is 2.16 bits per heavy atom. The Morgan fingerprint density at radius 1 is 1.32 bits per heavy atom. The second-order valence-corrected chi connectivity index (χ2v) is 9.67. The van der Waals surface area contributed by atoms with Crippen LogP contribution in [0, 0.1) is 0 Å². The van der Waals surface area contributed by atoms with Crippen LogP contribution in [0.3, 0.4) is 0 Å². The summed E-state index contributed by atoms with van der Waals surface area (Å²) >= 11 is 0. The number of methoxy groups -OCH3 is 1. The number of morpholine rings is 1. The van der Waals surface area contributed by atoms with E-state index in [0.717, 1.165) is 31.4 Å². The summed E-state index contributed by atoms with van der Waals surface area (Å²) in [6.07, 6.45) is 4.21. The molecular formula is C25H30N4O8. The molecule has 37 heavy (non-hydrogen) atoms. The number of hydrogen-bond acceptors (Lipinski definition) is 9. The van der Waals surface area contributed by atoms with Gasteiger partial charge in [-0.25, -0.2) is 4.79 Å². The number of phenols is 1. The van der Waals surface area contributed by atoms with Crippen LogP contribution in [-0.4, -0.2) is 83.6 Å². The molecule has 1 aliphatic heterocycles. The molecule has 3 fully saturated rings. The number of H-pyrrole nitrogens is 1. The molecule has 0 unspecified atom stereocenters. The molecule has 1 spiro atoms. The minimum atomic E-state index is -0.491. The van der Waals surface area contributed by atoms with Gasteiger partial charge >= 0.3 is 6.09 Å². The van der Waals surface area contributed by atoms with Crippen molar-refractivity contribution in [2.75, 3.05) is 38.8 Å². The molecule has 2 aliphatic carbocycles. The molecule has 1 saturated heterocycles. The molecule has 5 rings (SSSR count). The van der Waals surface area contributed by atoms with E-state index in [1.165, 1.54) is 19.2 Å². The summed E-state index contributed by atoms with van der Waals surface area (Å²) in [6, 6.07) is 4.45. The van der Waals surface area contributed by atoms with Gasteiger partial charge in [0.15, 0.2) is 18.7 Å². The minimum absolute atomic E-state index is 0.0287. The van der Waals surface area contributed by atoms with Gasteiger partial charge in [-0.15, -0.1) is 0 Å². The summed E-state index contributed by atoms with van der Waals surface area (Å²) < 4.78 is 21.8. The fraction of sp³-hybridized carbons (Fsp3) is 0.520. The molecule has 2 saturated carbocycles. The Morgan fingerprint density at radius 3 is 2.92 bits per heavy atom. The lowest BCUT2D eigenvalue weighted by molar-refractivity contribution is -0.118. The van der Waals surface area contributed by atoms with E-state index in [1.807, 2.05) is 4.90 Å². The van der Waals surface area contributed by atoms with Gasteiger partial charge in [0.2, 0.25) is 0 Å². The number of rotatable bonds is 8. The second kappa shape index (κ2) is 10.3. The number of phenolic OH excluding ortho intramolecular Hbond substituents is 1. The molecule has 1 aromatic carbocycles. The number of aldehydes is 1. The number of aromatic amines is 1. The third-order valence-corrected chi connectivity index (χ3v) is 7.21. The van der Waals surface area contributed by atoms with Crippen LogP contribution in [0.25, 0.3) is 0 Å². The summed E-state index contributed by atoms with van der Waals surface area (Å²) in [7, 11) is 1.41. The summed E-state index contributed by atoms with van der Waals surface area (Å²) in [6.45, 7) is 1.29. The van der Waals surface area contributed by atoms with Gasteiger partial charge in [-0.2, -0.15) is 5.10 Å². The van der Waals surface area contributed by atoms with E-state index in [2.05, 4.69) is 15.5 Å². The van der Waals surface area contributed by atoms with Gasteiger partial charge in [0.05, 0.1) is 31.4 Å². The standard InChI is InChI=1S/C25H30N4O8/c1-34-17-9-20(31)18(12-30)21(10-17)36-13-23(32)26-22-11-19(27-28-22)15-2-3-16(8-15)37-24(33)29-6-7-35-14-25(29)4-5-25/h9-12,15-16,31H,2-8,13-14H2,1H3,(H2,26,27,28,32)/t15-,16+/m0/s1. The smallest absolute Gasteiger partial charge is 0.410 e. The van der Waals surface area contributed by atoms with Gasteiger partial charge in [0.1, 0.15) is 23.4 Å². The maximum absolute atomic E-state index is 12.8. The molecule has 1 aromatic heterocycles. The SMILES string of the molecule is COc1cc(O)c(C=O)c(OCC(=O)Nc2cc([C@H]3CC[C@@H](OC(=O)N4CCOCC45CC5)C3)[nH]n2)c1. The first-order chi connectivity index (χ1) is 17.9. The van der Waals surface area contributed by atoms with Gasteiger partial charge in [-0.3, -0.25) is 19.6 Å². The summed E-state index contributed by atoms with van der Waals surface area (Å²) in [5.74, 6) is -0.0260. The Bertz CT molecular complexity index is 1180. The number of benzene rings is 1. The second-order valence-electron chi connectivity index (χ2n) is 9.67. The van der Waals surface area contributed by atoms with Crippen molar-refractivity contribution >= 4 is 24.1 Å². The topological polar surface area (TPSA) is 152 Å². The zero-order valence-corrected chi connectivity index (χ0v) is 20.5. The first-order valence-electron chi connectivity index (χ1n) is 12.3. The zero-order valence-electron chi connectivity index (χ0n) is 20.5. The summed E-state index contributed by atoms with van der Waals surface area (Å²) in [5, 5.41) is 19.7. The maximum atomic E-state index is 12.8. The number of hydrogen-bond donors (Lipinski definition) is 3. The summed E-state index contributed by atoms with van der Waals surface area (Å²) in [4.78, 5) is 38.3. The molecule has 2 atom stereocenters. The molecule has 12 heteroatoms. The third-order valence-electron chi connectivity index (χ3n) is 7.21. The van der Waals surface area contributed by atoms with Gasteiger partial charge < -0.3 is 29.4 Å². The maximum Gasteiger partial charge on any atom is 0.410 e. The molecule has 2 aromatic rings. The number of aromatic nitrogens is 2. The van der Waals surface area contributed by atoms with Crippen LogP contribution in [0.2, 0.25) is 0 Å². The van der Waals surface area contributed by atoms with Crippen molar-refractivity contribution in [3.05, 3.63) is 29.5 Å². The van der Waals surface area contributed by atoms with Crippen LogP contribution in [0.4, 0.5) is 10.6 Å². The van der Waals surface area contributed by atoms with Crippen LogP contribution in [0.5, 0.6) is 17.2 Å². The van der Waals surface area contributed by atoms with Gasteiger partial charge in [-0.05, 0) is 32.1 Å². The van der Waals surface area contributed by atoms with Crippen LogP contribution >= 0.6 is 0 Å². The van der Waals surface area contributed by atoms with Crippen molar-refractivity contribution in [1.82, 2.24) is 15.1 Å². The number of amides is 2. The first-order valence-corrected chi connectivity index (χ1v) is 12.3. The average molecular weight is 515 g/mol. The van der Waals surface area contributed by atoms with Crippen molar-refractivity contribution < 1.29 is 38.4 Å². The van der Waals surface area contributed by atoms with Crippen molar-refractivity contribution in [1.29, 1.82) is 0 Å². The fourth-order valence-corrected chi connectivity index (χ4v) is 4.99. The Hall–Kier alpha value is -3.80. The van der Waals surface area contributed by atoms with E-state index < -0.39 is 12.5 Å². The lowest BCUT2D eigenvalue weighted by Gasteiger charge is -2.35. The van der Waals surface area contributed by atoms with Gasteiger partial charge in [0.25, 0.3) is 5.91 Å². The molecule has 2 heterocycles. The van der Waals surface area contributed by atoms with E-state index >= 15 is 0 Å². The molecule has 0 bridgehead atoms. The number of carbonyl (C=O) groups is 3. The highest BCUT2D eigenvalue weighted by Gasteiger charge is 2.53. The van der Waals surface area contributed by atoms with Crippen LogP contribution in [0.1, 0.15) is 54.1 Å². The van der Waals surface area contributed by atoms with Crippen LogP contribution < -0.4 is 14.8 Å². The molecular weight excluding hydrogens is 484 g/mol. The van der Waals surface area contributed by atoms with E-state index in [9.17, 15) is 19.5 Å². The van der Waals surface area contributed by atoms with Crippen molar-refractivity contribution in [3.8, 4) is 17.2 Å². The quantitative estimate of drug-likeness (QED) is 0.451. The zero-order chi connectivity index (χ0) is 26.0. The van der Waals surface area contributed by atoms with Crippen LogP contribution in [-0.2, 0) is 14.3 Å². The predicted octanol–water partition coefficient (Wildman–Crippen LogP) is 2.59. The predicted molar refractivity (Wildman–Crippen MR) is 129 cm³/mol. The fourth-order valence-electron chi connectivity index (χ4n) is 4.99. The number of nitrogens with zero attached hydrogens (tertiary/aromatic N) is 2. The molecule has 3 N–H and O–H groups in total. The van der Waals surface area contributed by atoms with Gasteiger partial charge in [-0.1, -0.05) is 0 Å². The summed E-state index contributed by atoms with van der Waals surface area (Å²) in [5.41, 5.74) is 0.615. The van der Waals surface area contributed by atoms with Gasteiger partial charge in [0, 0.05) is 36.4 Å². The number of carbonyl (C=O) groups excluding carboxylic acids is 3. The van der Waals surface area contributed by atoms with E-state index in [4.69, 9.17) is 18.9 Å². The lowest BCUT2D eigenvalue weighted by atomic mass is 10.0. The molecule has 0 radical (unpaired) electrons. The Kier molecular flexibility index (Phi) is 6.92. The molecule has 3 aliphatic rings. The number of nitrogens with one attached hydrogen (secondary N) is 2. The number of ether oxygens (including phenoxy) is 4. The largest absolute Gasteiger partial charge is 0.507 e. The van der Waals surface area contributed by atoms with Crippen molar-refractivity contribution in [3.63, 3.8) is 0 Å². The molecule has 2 amide bonds. The highest BCUT2D eigenvalue weighted by molar-refractivity contribution is 5.91. The Balaban J connectivity index is 1.11. The van der Waals surface area contributed by atoms with Crippen LogP contribution in [0.15, 0.2) is 18.2 Å². The molecule has 12 nitrogen and oxygen atoms in total. The Labute approximate surface area is 213 Å². The monoisotopic (exact) mass is 514 g/mol. The highest BCUT2D eigenvalue weighted by Crippen LogP contribution is 2.44. The third kappa shape index (κ3) is 5.33. The number of aromatic hydroxyl groups is 1. The molecule has 198 valence electrons. The van der Waals surface area contributed by atoms with Crippen molar-refractivity contribution in [2.45, 2.75) is 49.7 Å². The van der Waals surface area contributed by atoms with Crippen molar-refractivity contribution in [2.24, 2.45) is 0 Å². The van der Waals surface area contributed by atoms with E-state index in [0.29, 0.717) is 38.3 Å². The lowest BCUT2D eigenvalue weighted by Crippen LogP contribution is -2.51. The van der Waals surface area contributed by atoms with E-state index in [-0.39, 0.29) is 46.5 Å². The minimum Gasteiger partial charge on any atom is -0.507 e.